The molecule has 1 aromatic carbocycles. The molecule has 2 unspecified atom stereocenters. The zero-order chi connectivity index (χ0) is 13.1. The molecule has 0 aliphatic carbocycles. The van der Waals surface area contributed by atoms with Crippen molar-refractivity contribution in [3.8, 4) is 0 Å². The first-order valence-electron chi connectivity index (χ1n) is 6.61. The van der Waals surface area contributed by atoms with E-state index in [9.17, 15) is 4.79 Å². The number of aryl methyl sites for hydroxylation is 1. The SMILES string of the molecule is Cc1ccc(CN2CC(C)N(C=O)C(C)C2)cc1. The Morgan fingerprint density at radius 2 is 1.72 bits per heavy atom. The molecule has 98 valence electrons. The maximum atomic E-state index is 11.0. The van der Waals surface area contributed by atoms with Crippen molar-refractivity contribution in [2.45, 2.75) is 39.4 Å². The summed E-state index contributed by atoms with van der Waals surface area (Å²) < 4.78 is 0. The van der Waals surface area contributed by atoms with Crippen molar-refractivity contribution in [1.82, 2.24) is 9.80 Å². The molecular formula is C15H22N2O. The number of piperazine rings is 1. The number of carbonyl (C=O) groups excluding carboxylic acids is 1. The second-order valence-electron chi connectivity index (χ2n) is 5.43. The smallest absolute Gasteiger partial charge is 0.210 e. The molecule has 0 N–H and O–H groups in total. The molecule has 1 saturated heterocycles. The monoisotopic (exact) mass is 246 g/mol. The van der Waals surface area contributed by atoms with Crippen molar-refractivity contribution in [2.75, 3.05) is 13.1 Å². The van der Waals surface area contributed by atoms with Crippen LogP contribution in [0.15, 0.2) is 24.3 Å². The average Bonchev–Trinajstić information content (AvgIpc) is 2.32. The van der Waals surface area contributed by atoms with Gasteiger partial charge in [-0.2, -0.15) is 0 Å². The van der Waals surface area contributed by atoms with Crippen molar-refractivity contribution in [2.24, 2.45) is 0 Å². The highest BCUT2D eigenvalue weighted by Gasteiger charge is 2.27. The molecule has 1 amide bonds. The molecule has 1 fully saturated rings. The second kappa shape index (κ2) is 5.53. The maximum absolute atomic E-state index is 11.0. The first kappa shape index (κ1) is 13.1. The average molecular weight is 246 g/mol. The summed E-state index contributed by atoms with van der Waals surface area (Å²) in [5.41, 5.74) is 2.64. The Bertz CT molecular complexity index is 389. The quantitative estimate of drug-likeness (QED) is 0.762. The van der Waals surface area contributed by atoms with Crippen LogP contribution in [0.4, 0.5) is 0 Å². The summed E-state index contributed by atoms with van der Waals surface area (Å²) in [5, 5.41) is 0. The number of nitrogens with zero attached hydrogens (tertiary/aromatic N) is 2. The third kappa shape index (κ3) is 2.91. The van der Waals surface area contributed by atoms with E-state index in [1.807, 2.05) is 4.90 Å². The molecule has 18 heavy (non-hydrogen) atoms. The van der Waals surface area contributed by atoms with Gasteiger partial charge < -0.3 is 4.90 Å². The summed E-state index contributed by atoms with van der Waals surface area (Å²) >= 11 is 0. The maximum Gasteiger partial charge on any atom is 0.210 e. The van der Waals surface area contributed by atoms with Gasteiger partial charge in [0, 0.05) is 31.7 Å². The largest absolute Gasteiger partial charge is 0.337 e. The van der Waals surface area contributed by atoms with Crippen molar-refractivity contribution in [3.05, 3.63) is 35.4 Å². The topological polar surface area (TPSA) is 23.6 Å². The van der Waals surface area contributed by atoms with Crippen LogP contribution in [0.5, 0.6) is 0 Å². The Kier molecular flexibility index (Phi) is 4.02. The van der Waals surface area contributed by atoms with Gasteiger partial charge in [-0.3, -0.25) is 9.69 Å². The highest BCUT2D eigenvalue weighted by molar-refractivity contribution is 5.48. The van der Waals surface area contributed by atoms with Gasteiger partial charge in [0.05, 0.1) is 0 Å². The molecule has 1 aliphatic heterocycles. The summed E-state index contributed by atoms with van der Waals surface area (Å²) in [6.07, 6.45) is 0.985. The van der Waals surface area contributed by atoms with Gasteiger partial charge in [-0.15, -0.1) is 0 Å². The van der Waals surface area contributed by atoms with Gasteiger partial charge in [-0.25, -0.2) is 0 Å². The first-order valence-corrected chi connectivity index (χ1v) is 6.61. The summed E-state index contributed by atoms with van der Waals surface area (Å²) in [5.74, 6) is 0. The number of benzene rings is 1. The molecule has 3 heteroatoms. The van der Waals surface area contributed by atoms with Crippen LogP contribution in [0, 0.1) is 6.92 Å². The van der Waals surface area contributed by atoms with Crippen LogP contribution in [-0.4, -0.2) is 41.4 Å². The fourth-order valence-corrected chi connectivity index (χ4v) is 2.73. The highest BCUT2D eigenvalue weighted by atomic mass is 16.1. The van der Waals surface area contributed by atoms with Crippen LogP contribution in [0.2, 0.25) is 0 Å². The van der Waals surface area contributed by atoms with Gasteiger partial charge in [-0.05, 0) is 26.3 Å². The minimum atomic E-state index is 0.302. The van der Waals surface area contributed by atoms with E-state index in [4.69, 9.17) is 0 Å². The molecule has 0 aromatic heterocycles. The Labute approximate surface area is 109 Å². The van der Waals surface area contributed by atoms with Crippen LogP contribution < -0.4 is 0 Å². The van der Waals surface area contributed by atoms with Gasteiger partial charge in [0.25, 0.3) is 0 Å². The number of amides is 1. The minimum Gasteiger partial charge on any atom is -0.337 e. The zero-order valence-electron chi connectivity index (χ0n) is 11.5. The summed E-state index contributed by atoms with van der Waals surface area (Å²) in [4.78, 5) is 15.3. The lowest BCUT2D eigenvalue weighted by Crippen LogP contribution is -2.55. The van der Waals surface area contributed by atoms with Crippen LogP contribution in [0.25, 0.3) is 0 Å². The number of rotatable bonds is 3. The molecule has 3 nitrogen and oxygen atoms in total. The van der Waals surface area contributed by atoms with E-state index in [1.54, 1.807) is 0 Å². The molecule has 0 radical (unpaired) electrons. The lowest BCUT2D eigenvalue weighted by molar-refractivity contribution is -0.125. The van der Waals surface area contributed by atoms with Crippen molar-refractivity contribution in [1.29, 1.82) is 0 Å². The number of carbonyl (C=O) groups is 1. The fourth-order valence-electron chi connectivity index (χ4n) is 2.73. The third-order valence-electron chi connectivity index (χ3n) is 3.71. The van der Waals surface area contributed by atoms with E-state index in [2.05, 4.69) is 49.9 Å². The second-order valence-corrected chi connectivity index (χ2v) is 5.43. The predicted octanol–water partition coefficient (Wildman–Crippen LogP) is 2.05. The molecule has 1 aliphatic rings. The Hall–Kier alpha value is -1.35. The predicted molar refractivity (Wildman–Crippen MR) is 73.3 cm³/mol. The van der Waals surface area contributed by atoms with Crippen molar-refractivity contribution < 1.29 is 4.79 Å². The third-order valence-corrected chi connectivity index (χ3v) is 3.71. The van der Waals surface area contributed by atoms with Gasteiger partial charge >= 0.3 is 0 Å². The Balaban J connectivity index is 1.99. The van der Waals surface area contributed by atoms with Gasteiger partial charge in [-0.1, -0.05) is 29.8 Å². The van der Waals surface area contributed by atoms with Crippen LogP contribution in [0.3, 0.4) is 0 Å². The van der Waals surface area contributed by atoms with E-state index in [-0.39, 0.29) is 0 Å². The summed E-state index contributed by atoms with van der Waals surface area (Å²) in [6.45, 7) is 9.23. The van der Waals surface area contributed by atoms with Crippen molar-refractivity contribution >= 4 is 6.41 Å². The number of hydrogen-bond donors (Lipinski definition) is 0. The molecular weight excluding hydrogens is 224 g/mol. The summed E-state index contributed by atoms with van der Waals surface area (Å²) in [7, 11) is 0. The van der Waals surface area contributed by atoms with Gasteiger partial charge in [0.2, 0.25) is 6.41 Å². The van der Waals surface area contributed by atoms with E-state index in [0.29, 0.717) is 12.1 Å². The van der Waals surface area contributed by atoms with Crippen LogP contribution >= 0.6 is 0 Å². The van der Waals surface area contributed by atoms with E-state index in [1.165, 1.54) is 11.1 Å². The van der Waals surface area contributed by atoms with Crippen LogP contribution in [0.1, 0.15) is 25.0 Å². The zero-order valence-corrected chi connectivity index (χ0v) is 11.5. The summed E-state index contributed by atoms with van der Waals surface area (Å²) in [6, 6.07) is 9.30. The molecule has 0 saturated carbocycles. The van der Waals surface area contributed by atoms with Crippen molar-refractivity contribution in [3.63, 3.8) is 0 Å². The molecule has 2 rings (SSSR count). The Morgan fingerprint density at radius 3 is 2.22 bits per heavy atom. The molecule has 0 spiro atoms. The minimum absolute atomic E-state index is 0.302. The van der Waals surface area contributed by atoms with E-state index in [0.717, 1.165) is 26.0 Å². The van der Waals surface area contributed by atoms with E-state index < -0.39 is 0 Å². The fraction of sp³-hybridized carbons (Fsp3) is 0.533. The molecule has 0 bridgehead atoms. The first-order chi connectivity index (χ1) is 8.60. The highest BCUT2D eigenvalue weighted by Crippen LogP contribution is 2.16. The molecule has 1 aromatic rings. The lowest BCUT2D eigenvalue weighted by Gasteiger charge is -2.42. The lowest BCUT2D eigenvalue weighted by atomic mass is 10.1. The molecule has 1 heterocycles. The van der Waals surface area contributed by atoms with E-state index >= 15 is 0 Å². The van der Waals surface area contributed by atoms with Gasteiger partial charge in [0.1, 0.15) is 0 Å². The standard InChI is InChI=1S/C15H22N2O/c1-12-4-6-15(7-5-12)10-16-8-13(2)17(11-18)14(3)9-16/h4-7,11,13-14H,8-10H2,1-3H3. The van der Waals surface area contributed by atoms with Gasteiger partial charge in [0.15, 0.2) is 0 Å². The molecule has 2 atom stereocenters. The Morgan fingerprint density at radius 1 is 1.17 bits per heavy atom. The normalized spacial score (nSPS) is 25.2. The van der Waals surface area contributed by atoms with Crippen LogP contribution in [-0.2, 0) is 11.3 Å². The number of hydrogen-bond acceptors (Lipinski definition) is 2.